The van der Waals surface area contributed by atoms with Gasteiger partial charge in [-0.25, -0.2) is 4.98 Å². The molecule has 1 aliphatic rings. The van der Waals surface area contributed by atoms with E-state index in [1.54, 1.807) is 30.5 Å². The van der Waals surface area contributed by atoms with Crippen LogP contribution < -0.4 is 4.74 Å². The van der Waals surface area contributed by atoms with Gasteiger partial charge in [0.15, 0.2) is 0 Å². The molecule has 1 aliphatic heterocycles. The third-order valence-electron chi connectivity index (χ3n) is 5.09. The number of hydrogen-bond acceptors (Lipinski definition) is 4. The van der Waals surface area contributed by atoms with E-state index in [1.165, 1.54) is 7.11 Å². The van der Waals surface area contributed by atoms with Gasteiger partial charge in [0.25, 0.3) is 5.91 Å². The Morgan fingerprint density at radius 1 is 1.14 bits per heavy atom. The number of carbonyl (C=O) groups excluding carboxylic acids is 1. The first-order valence-electron chi connectivity index (χ1n) is 9.31. The van der Waals surface area contributed by atoms with Crippen molar-refractivity contribution in [3.8, 4) is 17.3 Å². The lowest BCUT2D eigenvalue weighted by molar-refractivity contribution is 0.0736. The molecule has 1 saturated heterocycles. The zero-order valence-electron chi connectivity index (χ0n) is 15.8. The molecule has 0 spiro atoms. The molecule has 1 atom stereocenters. The molecule has 2 heterocycles. The van der Waals surface area contributed by atoms with E-state index in [1.807, 2.05) is 29.2 Å². The molecule has 1 aromatic heterocycles. The number of nitrogens with zero attached hydrogens (tertiary/aromatic N) is 3. The van der Waals surface area contributed by atoms with Crippen molar-refractivity contribution in [3.05, 3.63) is 75.9 Å². The highest BCUT2D eigenvalue weighted by atomic mass is 35.5. The van der Waals surface area contributed by atoms with E-state index < -0.39 is 0 Å². The van der Waals surface area contributed by atoms with Crippen LogP contribution in [0.2, 0.25) is 10.0 Å². The van der Waals surface area contributed by atoms with E-state index in [2.05, 4.69) is 9.97 Å². The van der Waals surface area contributed by atoms with Crippen LogP contribution in [0.4, 0.5) is 0 Å². The minimum Gasteiger partial charge on any atom is -0.467 e. The SMILES string of the molecule is COc1nccc(-c2ccc(C(=O)N3CCC[C@@H]3c3ccccc3Cl)cc2Cl)n1. The second-order valence-corrected chi connectivity index (χ2v) is 7.62. The van der Waals surface area contributed by atoms with Gasteiger partial charge in [0, 0.05) is 28.9 Å². The summed E-state index contributed by atoms with van der Waals surface area (Å²) in [4.78, 5) is 23.4. The zero-order chi connectivity index (χ0) is 20.4. The number of halogens is 2. The van der Waals surface area contributed by atoms with Crippen molar-refractivity contribution in [3.63, 3.8) is 0 Å². The number of hydrogen-bond donors (Lipinski definition) is 0. The summed E-state index contributed by atoms with van der Waals surface area (Å²) in [7, 11) is 1.51. The lowest BCUT2D eigenvalue weighted by Crippen LogP contribution is -2.30. The van der Waals surface area contributed by atoms with Gasteiger partial charge in [-0.15, -0.1) is 0 Å². The molecular weight excluding hydrogens is 409 g/mol. The maximum Gasteiger partial charge on any atom is 0.316 e. The van der Waals surface area contributed by atoms with Crippen molar-refractivity contribution in [1.82, 2.24) is 14.9 Å². The molecule has 7 heteroatoms. The lowest BCUT2D eigenvalue weighted by atomic mass is 10.0. The minimum absolute atomic E-state index is 0.0271. The van der Waals surface area contributed by atoms with Crippen molar-refractivity contribution < 1.29 is 9.53 Å². The molecule has 0 radical (unpaired) electrons. The third kappa shape index (κ3) is 3.93. The van der Waals surface area contributed by atoms with Crippen LogP contribution in [0.15, 0.2) is 54.7 Å². The summed E-state index contributed by atoms with van der Waals surface area (Å²) in [6.07, 6.45) is 3.44. The molecule has 4 rings (SSSR count). The van der Waals surface area contributed by atoms with E-state index in [-0.39, 0.29) is 18.0 Å². The quantitative estimate of drug-likeness (QED) is 0.556. The van der Waals surface area contributed by atoms with Crippen LogP contribution in [0.1, 0.15) is 34.8 Å². The van der Waals surface area contributed by atoms with Crippen molar-refractivity contribution in [2.75, 3.05) is 13.7 Å². The fourth-order valence-corrected chi connectivity index (χ4v) is 4.23. The Morgan fingerprint density at radius 2 is 1.97 bits per heavy atom. The smallest absolute Gasteiger partial charge is 0.316 e. The van der Waals surface area contributed by atoms with Gasteiger partial charge in [0.2, 0.25) is 0 Å². The topological polar surface area (TPSA) is 55.3 Å². The van der Waals surface area contributed by atoms with E-state index in [0.29, 0.717) is 33.4 Å². The number of likely N-dealkylation sites (tertiary alicyclic amines) is 1. The molecular formula is C22H19Cl2N3O2. The number of benzene rings is 2. The average molecular weight is 428 g/mol. The number of aromatic nitrogens is 2. The summed E-state index contributed by atoms with van der Waals surface area (Å²) in [5, 5.41) is 1.13. The van der Waals surface area contributed by atoms with Crippen LogP contribution in [-0.4, -0.2) is 34.4 Å². The Hall–Kier alpha value is -2.63. The summed E-state index contributed by atoms with van der Waals surface area (Å²) in [6, 6.07) is 14.9. The maximum atomic E-state index is 13.2. The minimum atomic E-state index is -0.0545. The first kappa shape index (κ1) is 19.7. The Kier molecular flexibility index (Phi) is 5.69. The zero-order valence-corrected chi connectivity index (χ0v) is 17.3. The molecule has 148 valence electrons. The summed E-state index contributed by atoms with van der Waals surface area (Å²) >= 11 is 12.9. The highest BCUT2D eigenvalue weighted by molar-refractivity contribution is 6.33. The highest BCUT2D eigenvalue weighted by Crippen LogP contribution is 2.37. The van der Waals surface area contributed by atoms with Gasteiger partial charge < -0.3 is 9.64 Å². The van der Waals surface area contributed by atoms with Crippen molar-refractivity contribution in [2.45, 2.75) is 18.9 Å². The predicted molar refractivity (Wildman–Crippen MR) is 113 cm³/mol. The van der Waals surface area contributed by atoms with Crippen molar-refractivity contribution in [1.29, 1.82) is 0 Å². The monoisotopic (exact) mass is 427 g/mol. The van der Waals surface area contributed by atoms with Gasteiger partial charge in [-0.1, -0.05) is 47.5 Å². The molecule has 1 amide bonds. The molecule has 3 aromatic rings. The van der Waals surface area contributed by atoms with Gasteiger partial charge in [-0.05, 0) is 42.7 Å². The number of carbonyl (C=O) groups is 1. The fraction of sp³-hybridized carbons (Fsp3) is 0.227. The Bertz CT molecular complexity index is 1060. The molecule has 29 heavy (non-hydrogen) atoms. The van der Waals surface area contributed by atoms with E-state index in [4.69, 9.17) is 27.9 Å². The Balaban J connectivity index is 1.62. The molecule has 0 bridgehead atoms. The molecule has 2 aromatic carbocycles. The molecule has 0 saturated carbocycles. The third-order valence-corrected chi connectivity index (χ3v) is 5.74. The predicted octanol–water partition coefficient (Wildman–Crippen LogP) is 5.44. The van der Waals surface area contributed by atoms with Gasteiger partial charge in [-0.3, -0.25) is 4.79 Å². The standard InChI is InChI=1S/C22H19Cl2N3O2/c1-29-22-25-11-10-19(26-22)15-9-8-14(13-18(15)24)21(28)27-12-4-7-20(27)16-5-2-3-6-17(16)23/h2-3,5-6,8-11,13,20H,4,7,12H2,1H3/t20-/m1/s1. The van der Waals surface area contributed by atoms with Crippen LogP contribution >= 0.6 is 23.2 Å². The van der Waals surface area contributed by atoms with Gasteiger partial charge in [0.05, 0.1) is 23.9 Å². The Morgan fingerprint density at radius 3 is 2.72 bits per heavy atom. The average Bonchev–Trinajstić information content (AvgIpc) is 3.23. The molecule has 0 N–H and O–H groups in total. The van der Waals surface area contributed by atoms with Crippen LogP contribution in [-0.2, 0) is 0 Å². The second-order valence-electron chi connectivity index (χ2n) is 6.80. The first-order chi connectivity index (χ1) is 14.1. The number of amides is 1. The summed E-state index contributed by atoms with van der Waals surface area (Å²) in [5.74, 6) is -0.0545. The first-order valence-corrected chi connectivity index (χ1v) is 10.1. The fourth-order valence-electron chi connectivity index (χ4n) is 3.69. The van der Waals surface area contributed by atoms with Gasteiger partial charge >= 0.3 is 6.01 Å². The van der Waals surface area contributed by atoms with Crippen LogP contribution in [0, 0.1) is 0 Å². The molecule has 0 aliphatic carbocycles. The number of rotatable bonds is 4. The maximum absolute atomic E-state index is 13.2. The van der Waals surface area contributed by atoms with E-state index in [0.717, 1.165) is 18.4 Å². The van der Waals surface area contributed by atoms with Gasteiger partial charge in [0.1, 0.15) is 0 Å². The largest absolute Gasteiger partial charge is 0.467 e. The van der Waals surface area contributed by atoms with E-state index >= 15 is 0 Å². The van der Waals surface area contributed by atoms with Crippen LogP contribution in [0.3, 0.4) is 0 Å². The summed E-state index contributed by atoms with van der Waals surface area (Å²) in [5.41, 5.74) is 2.87. The second kappa shape index (κ2) is 8.39. The normalized spacial score (nSPS) is 16.1. The number of ether oxygens (including phenoxy) is 1. The molecule has 1 fully saturated rings. The van der Waals surface area contributed by atoms with Crippen molar-refractivity contribution >= 4 is 29.1 Å². The number of methoxy groups -OCH3 is 1. The van der Waals surface area contributed by atoms with Crippen LogP contribution in [0.25, 0.3) is 11.3 Å². The molecule has 5 nitrogen and oxygen atoms in total. The van der Waals surface area contributed by atoms with Crippen LogP contribution in [0.5, 0.6) is 6.01 Å². The highest BCUT2D eigenvalue weighted by Gasteiger charge is 2.32. The van der Waals surface area contributed by atoms with Gasteiger partial charge in [-0.2, -0.15) is 4.98 Å². The van der Waals surface area contributed by atoms with Crippen molar-refractivity contribution in [2.24, 2.45) is 0 Å². The Labute approximate surface area is 179 Å². The van der Waals surface area contributed by atoms with E-state index in [9.17, 15) is 4.79 Å². The summed E-state index contributed by atoms with van der Waals surface area (Å²) < 4.78 is 5.07. The summed E-state index contributed by atoms with van der Waals surface area (Å²) in [6.45, 7) is 0.692. The lowest BCUT2D eigenvalue weighted by Gasteiger charge is -2.26. The molecule has 0 unspecified atom stereocenters.